The molecule has 0 aliphatic rings. The van der Waals surface area contributed by atoms with Crippen LogP contribution in [0.5, 0.6) is 0 Å². The van der Waals surface area contributed by atoms with Crippen molar-refractivity contribution in [3.8, 4) is 0 Å². The van der Waals surface area contributed by atoms with E-state index in [4.69, 9.17) is 10.5 Å². The lowest BCUT2D eigenvalue weighted by Gasteiger charge is -2.11. The summed E-state index contributed by atoms with van der Waals surface area (Å²) in [6.45, 7) is 6.78. The van der Waals surface area contributed by atoms with Crippen LogP contribution < -0.4 is 5.73 Å². The van der Waals surface area contributed by atoms with E-state index in [1.165, 1.54) is 0 Å². The highest BCUT2D eigenvalue weighted by Crippen LogP contribution is 1.95. The van der Waals surface area contributed by atoms with Gasteiger partial charge < -0.3 is 10.5 Å². The first-order valence-electron chi connectivity index (χ1n) is 3.54. The van der Waals surface area contributed by atoms with Crippen molar-refractivity contribution in [1.29, 1.82) is 0 Å². The summed E-state index contributed by atoms with van der Waals surface area (Å²) < 4.78 is 5.33. The highest BCUT2D eigenvalue weighted by atomic mass is 16.5. The number of hydrogen-bond acceptors (Lipinski definition) is 2. The Labute approximate surface area is 57.4 Å². The minimum atomic E-state index is 0.166. The van der Waals surface area contributed by atoms with Crippen molar-refractivity contribution in [1.82, 2.24) is 0 Å². The Morgan fingerprint density at radius 2 is 2.00 bits per heavy atom. The van der Waals surface area contributed by atoms with E-state index in [0.717, 1.165) is 6.42 Å². The van der Waals surface area contributed by atoms with Crippen LogP contribution in [0.4, 0.5) is 0 Å². The van der Waals surface area contributed by atoms with Gasteiger partial charge >= 0.3 is 0 Å². The van der Waals surface area contributed by atoms with Crippen LogP contribution in [0.3, 0.4) is 0 Å². The second-order valence-electron chi connectivity index (χ2n) is 2.53. The van der Waals surface area contributed by atoms with Crippen molar-refractivity contribution in [2.75, 3.05) is 6.61 Å². The van der Waals surface area contributed by atoms with Gasteiger partial charge in [0.2, 0.25) is 0 Å². The Kier molecular flexibility index (Phi) is 4.72. The van der Waals surface area contributed by atoms with Crippen molar-refractivity contribution in [2.24, 2.45) is 5.73 Å². The summed E-state index contributed by atoms with van der Waals surface area (Å²) in [5.74, 6) is 0. The van der Waals surface area contributed by atoms with Crippen LogP contribution in [0.25, 0.3) is 0 Å². The van der Waals surface area contributed by atoms with Crippen molar-refractivity contribution in [3.05, 3.63) is 0 Å². The standard InChI is InChI=1S/C7H17NO/c1-4-7(3)9-5-6(2)8/h6-7H,4-5,8H2,1-3H3/t6-,7?/m0/s1. The number of rotatable bonds is 4. The molecule has 56 valence electrons. The van der Waals surface area contributed by atoms with Gasteiger partial charge in [-0.1, -0.05) is 6.92 Å². The SMILES string of the molecule is CCC(C)OC[C@H](C)N. The zero-order chi connectivity index (χ0) is 7.28. The smallest absolute Gasteiger partial charge is 0.0618 e. The van der Waals surface area contributed by atoms with E-state index in [-0.39, 0.29) is 6.04 Å². The molecule has 0 heterocycles. The summed E-state index contributed by atoms with van der Waals surface area (Å²) in [6, 6.07) is 0.166. The molecule has 0 aliphatic carbocycles. The van der Waals surface area contributed by atoms with Gasteiger partial charge in [-0.25, -0.2) is 0 Å². The molecule has 0 amide bonds. The maximum Gasteiger partial charge on any atom is 0.0618 e. The van der Waals surface area contributed by atoms with Gasteiger partial charge in [-0.15, -0.1) is 0 Å². The Balaban J connectivity index is 3.06. The molecule has 0 aromatic rings. The second-order valence-corrected chi connectivity index (χ2v) is 2.53. The molecule has 0 aromatic carbocycles. The highest BCUT2D eigenvalue weighted by Gasteiger charge is 1.98. The Bertz CT molecular complexity index is 63.9. The third-order valence-corrected chi connectivity index (χ3v) is 1.22. The van der Waals surface area contributed by atoms with E-state index in [2.05, 4.69) is 13.8 Å². The summed E-state index contributed by atoms with van der Waals surface area (Å²) >= 11 is 0. The van der Waals surface area contributed by atoms with Gasteiger partial charge in [-0.3, -0.25) is 0 Å². The normalized spacial score (nSPS) is 17.3. The van der Waals surface area contributed by atoms with Gasteiger partial charge in [0.25, 0.3) is 0 Å². The van der Waals surface area contributed by atoms with E-state index in [1.54, 1.807) is 0 Å². The van der Waals surface area contributed by atoms with Gasteiger partial charge in [0.15, 0.2) is 0 Å². The molecule has 0 saturated heterocycles. The fraction of sp³-hybridized carbons (Fsp3) is 1.00. The Morgan fingerprint density at radius 1 is 1.44 bits per heavy atom. The minimum absolute atomic E-state index is 0.166. The van der Waals surface area contributed by atoms with E-state index in [0.29, 0.717) is 12.7 Å². The van der Waals surface area contributed by atoms with Crippen LogP contribution in [-0.2, 0) is 4.74 Å². The number of hydrogen-bond donors (Lipinski definition) is 1. The second kappa shape index (κ2) is 4.77. The monoisotopic (exact) mass is 131 g/mol. The van der Waals surface area contributed by atoms with Crippen LogP contribution >= 0.6 is 0 Å². The van der Waals surface area contributed by atoms with Gasteiger partial charge in [0, 0.05) is 6.04 Å². The van der Waals surface area contributed by atoms with E-state index < -0.39 is 0 Å². The van der Waals surface area contributed by atoms with Crippen molar-refractivity contribution >= 4 is 0 Å². The maximum absolute atomic E-state index is 5.47. The summed E-state index contributed by atoms with van der Waals surface area (Å²) in [5, 5.41) is 0. The zero-order valence-corrected chi connectivity index (χ0v) is 6.55. The molecule has 0 saturated carbocycles. The van der Waals surface area contributed by atoms with Crippen LogP contribution in [0, 0.1) is 0 Å². The van der Waals surface area contributed by atoms with Gasteiger partial charge in [-0.2, -0.15) is 0 Å². The first-order chi connectivity index (χ1) is 4.16. The predicted molar refractivity (Wildman–Crippen MR) is 39.4 cm³/mol. The van der Waals surface area contributed by atoms with Crippen molar-refractivity contribution < 1.29 is 4.74 Å². The van der Waals surface area contributed by atoms with Crippen LogP contribution in [0.15, 0.2) is 0 Å². The molecule has 0 aliphatic heterocycles. The summed E-state index contributed by atoms with van der Waals surface area (Å²) in [4.78, 5) is 0. The molecule has 0 fully saturated rings. The molecule has 2 N–H and O–H groups in total. The lowest BCUT2D eigenvalue weighted by Crippen LogP contribution is -2.24. The lowest BCUT2D eigenvalue weighted by molar-refractivity contribution is 0.0567. The first-order valence-corrected chi connectivity index (χ1v) is 3.54. The maximum atomic E-state index is 5.47. The van der Waals surface area contributed by atoms with Gasteiger partial charge in [0.1, 0.15) is 0 Å². The van der Waals surface area contributed by atoms with E-state index >= 15 is 0 Å². The van der Waals surface area contributed by atoms with Crippen LogP contribution in [0.1, 0.15) is 27.2 Å². The molecular weight excluding hydrogens is 114 g/mol. The van der Waals surface area contributed by atoms with Crippen LogP contribution in [-0.4, -0.2) is 18.8 Å². The molecule has 9 heavy (non-hydrogen) atoms. The summed E-state index contributed by atoms with van der Waals surface area (Å²) in [6.07, 6.45) is 1.42. The quantitative estimate of drug-likeness (QED) is 0.621. The molecule has 0 rings (SSSR count). The van der Waals surface area contributed by atoms with Crippen molar-refractivity contribution in [3.63, 3.8) is 0 Å². The van der Waals surface area contributed by atoms with Crippen LogP contribution in [0.2, 0.25) is 0 Å². The average Bonchev–Trinajstić information content (AvgIpc) is 1.83. The largest absolute Gasteiger partial charge is 0.377 e. The van der Waals surface area contributed by atoms with E-state index in [9.17, 15) is 0 Å². The Morgan fingerprint density at radius 3 is 2.33 bits per heavy atom. The van der Waals surface area contributed by atoms with Gasteiger partial charge in [-0.05, 0) is 20.3 Å². The minimum Gasteiger partial charge on any atom is -0.377 e. The Hall–Kier alpha value is -0.0800. The molecule has 0 bridgehead atoms. The zero-order valence-electron chi connectivity index (χ0n) is 6.55. The highest BCUT2D eigenvalue weighted by molar-refractivity contribution is 4.51. The molecule has 2 atom stereocenters. The fourth-order valence-electron chi connectivity index (χ4n) is 0.434. The van der Waals surface area contributed by atoms with Gasteiger partial charge in [0.05, 0.1) is 12.7 Å². The molecule has 1 unspecified atom stereocenters. The molecule has 2 nitrogen and oxygen atoms in total. The number of nitrogens with two attached hydrogens (primary N) is 1. The fourth-order valence-corrected chi connectivity index (χ4v) is 0.434. The molecule has 0 spiro atoms. The lowest BCUT2D eigenvalue weighted by atomic mass is 10.3. The molecule has 2 heteroatoms. The molecule has 0 radical (unpaired) electrons. The topological polar surface area (TPSA) is 35.2 Å². The number of ether oxygens (including phenoxy) is 1. The summed E-state index contributed by atoms with van der Waals surface area (Å²) in [7, 11) is 0. The summed E-state index contributed by atoms with van der Waals surface area (Å²) in [5.41, 5.74) is 5.47. The first kappa shape index (κ1) is 8.92. The van der Waals surface area contributed by atoms with E-state index in [1.807, 2.05) is 6.92 Å². The third-order valence-electron chi connectivity index (χ3n) is 1.22. The molecule has 0 aromatic heterocycles. The predicted octanol–water partition coefficient (Wildman–Crippen LogP) is 1.15. The molecular formula is C7H17NO. The third kappa shape index (κ3) is 5.80. The van der Waals surface area contributed by atoms with Crippen molar-refractivity contribution in [2.45, 2.75) is 39.3 Å². The average molecular weight is 131 g/mol.